The van der Waals surface area contributed by atoms with E-state index >= 15 is 0 Å². The molecule has 1 aromatic heterocycles. The van der Waals surface area contributed by atoms with E-state index < -0.39 is 0 Å². The third-order valence-electron chi connectivity index (χ3n) is 4.98. The first-order chi connectivity index (χ1) is 10.0. The van der Waals surface area contributed by atoms with Crippen molar-refractivity contribution in [3.05, 3.63) is 51.8 Å². The van der Waals surface area contributed by atoms with Crippen LogP contribution in [0.3, 0.4) is 0 Å². The Morgan fingerprint density at radius 1 is 1.33 bits per heavy atom. The Kier molecular flexibility index (Phi) is 3.93. The maximum absolute atomic E-state index is 6.66. The fraction of sp³-hybridized carbons (Fsp3) is 0.471. The van der Waals surface area contributed by atoms with Crippen LogP contribution in [0.25, 0.3) is 0 Å². The molecule has 1 saturated carbocycles. The molecule has 1 fully saturated rings. The molecule has 4 heteroatoms. The summed E-state index contributed by atoms with van der Waals surface area (Å²) in [5, 5.41) is 4.48. The first-order valence-electron chi connectivity index (χ1n) is 7.54. The van der Waals surface area contributed by atoms with Crippen molar-refractivity contribution < 1.29 is 0 Å². The topological polar surface area (TPSA) is 43.8 Å². The molecule has 0 bridgehead atoms. The molecule has 3 rings (SSSR count). The quantitative estimate of drug-likeness (QED) is 0.919. The highest BCUT2D eigenvalue weighted by atomic mass is 79.9. The van der Waals surface area contributed by atoms with Crippen molar-refractivity contribution in [3.8, 4) is 0 Å². The Hall–Kier alpha value is -1.13. The summed E-state index contributed by atoms with van der Waals surface area (Å²) in [4.78, 5) is 0. The number of nitrogens with two attached hydrogens (primary N) is 1. The van der Waals surface area contributed by atoms with Gasteiger partial charge in [0.2, 0.25) is 0 Å². The van der Waals surface area contributed by atoms with Crippen LogP contribution in [0.15, 0.2) is 34.8 Å². The van der Waals surface area contributed by atoms with Crippen LogP contribution in [0.5, 0.6) is 0 Å². The number of hydrogen-bond donors (Lipinski definition) is 1. The number of aromatic nitrogens is 2. The Bertz CT molecular complexity index is 629. The highest BCUT2D eigenvalue weighted by Crippen LogP contribution is 2.46. The van der Waals surface area contributed by atoms with Gasteiger partial charge in [0.25, 0.3) is 0 Å². The molecule has 3 nitrogen and oxygen atoms in total. The molecule has 1 unspecified atom stereocenters. The lowest BCUT2D eigenvalue weighted by molar-refractivity contribution is 0.193. The molecule has 0 saturated heterocycles. The molecular weight excluding hydrogens is 326 g/mol. The van der Waals surface area contributed by atoms with E-state index in [-0.39, 0.29) is 11.5 Å². The largest absolute Gasteiger partial charge is 0.327 e. The summed E-state index contributed by atoms with van der Waals surface area (Å²) in [6, 6.07) is 10.9. The van der Waals surface area contributed by atoms with E-state index in [1.807, 2.05) is 18.7 Å². The average Bonchev–Trinajstić information content (AvgIpc) is 2.65. The average molecular weight is 348 g/mol. The van der Waals surface area contributed by atoms with Gasteiger partial charge in [-0.3, -0.25) is 4.68 Å². The zero-order valence-corrected chi connectivity index (χ0v) is 14.2. The minimum absolute atomic E-state index is 0.125. The summed E-state index contributed by atoms with van der Waals surface area (Å²) >= 11 is 3.65. The van der Waals surface area contributed by atoms with Crippen molar-refractivity contribution in [3.63, 3.8) is 0 Å². The summed E-state index contributed by atoms with van der Waals surface area (Å²) in [7, 11) is 2.00. The van der Waals surface area contributed by atoms with Crippen LogP contribution >= 0.6 is 15.9 Å². The van der Waals surface area contributed by atoms with Crippen LogP contribution in [-0.4, -0.2) is 15.8 Å². The molecule has 1 atom stereocenters. The Balaban J connectivity index is 1.88. The predicted molar refractivity (Wildman–Crippen MR) is 89.3 cm³/mol. The molecule has 112 valence electrons. The zero-order valence-electron chi connectivity index (χ0n) is 12.6. The van der Waals surface area contributed by atoms with Gasteiger partial charge in [-0.15, -0.1) is 0 Å². The molecule has 0 amide bonds. The van der Waals surface area contributed by atoms with Crippen molar-refractivity contribution in [1.29, 1.82) is 0 Å². The van der Waals surface area contributed by atoms with Gasteiger partial charge < -0.3 is 5.73 Å². The van der Waals surface area contributed by atoms with Crippen molar-refractivity contribution in [2.75, 3.05) is 0 Å². The molecule has 1 heterocycles. The number of halogens is 1. The second-order valence-corrected chi connectivity index (χ2v) is 6.95. The van der Waals surface area contributed by atoms with E-state index in [9.17, 15) is 0 Å². The van der Waals surface area contributed by atoms with Gasteiger partial charge in [-0.2, -0.15) is 5.10 Å². The van der Waals surface area contributed by atoms with E-state index in [1.54, 1.807) is 0 Å². The van der Waals surface area contributed by atoms with Gasteiger partial charge in [-0.25, -0.2) is 0 Å². The second kappa shape index (κ2) is 5.58. The summed E-state index contributed by atoms with van der Waals surface area (Å²) in [6.07, 6.45) is 4.50. The SMILES string of the molecule is Cc1nn(C)c(CC(N)C2(c3ccccc3)CCC2)c1Br. The fourth-order valence-electron chi connectivity index (χ4n) is 3.51. The molecule has 2 aromatic rings. The van der Waals surface area contributed by atoms with Crippen LogP contribution < -0.4 is 5.73 Å². The van der Waals surface area contributed by atoms with E-state index in [0.29, 0.717) is 0 Å². The Labute approximate surface area is 134 Å². The molecule has 1 aromatic carbocycles. The normalized spacial score (nSPS) is 18.3. The summed E-state index contributed by atoms with van der Waals surface area (Å²) in [6.45, 7) is 2.02. The third kappa shape index (κ3) is 2.44. The molecule has 0 spiro atoms. The summed E-state index contributed by atoms with van der Waals surface area (Å²) in [5.74, 6) is 0. The smallest absolute Gasteiger partial charge is 0.0738 e. The number of aryl methyl sites for hydroxylation is 2. The Morgan fingerprint density at radius 2 is 2.00 bits per heavy atom. The van der Waals surface area contributed by atoms with Crippen molar-refractivity contribution in [1.82, 2.24) is 9.78 Å². The molecular formula is C17H22BrN3. The zero-order chi connectivity index (χ0) is 15.0. The number of benzene rings is 1. The van der Waals surface area contributed by atoms with Gasteiger partial charge in [0, 0.05) is 24.9 Å². The first-order valence-corrected chi connectivity index (χ1v) is 8.33. The lowest BCUT2D eigenvalue weighted by Gasteiger charge is -2.47. The summed E-state index contributed by atoms with van der Waals surface area (Å²) in [5.41, 5.74) is 10.4. The fourth-order valence-corrected chi connectivity index (χ4v) is 4.00. The second-order valence-electron chi connectivity index (χ2n) is 6.16. The predicted octanol–water partition coefficient (Wildman–Crippen LogP) is 3.48. The summed E-state index contributed by atoms with van der Waals surface area (Å²) < 4.78 is 3.05. The van der Waals surface area contributed by atoms with Crippen LogP contribution in [0.4, 0.5) is 0 Å². The van der Waals surface area contributed by atoms with Gasteiger partial charge in [0.15, 0.2) is 0 Å². The van der Waals surface area contributed by atoms with Crippen molar-refractivity contribution in [2.24, 2.45) is 12.8 Å². The first kappa shape index (κ1) is 14.8. The number of rotatable bonds is 4. The van der Waals surface area contributed by atoms with Gasteiger partial charge in [-0.1, -0.05) is 36.8 Å². The third-order valence-corrected chi connectivity index (χ3v) is 6.01. The standard InChI is InChI=1S/C17H22BrN3/c1-12-16(18)14(21(2)20-12)11-15(19)17(9-6-10-17)13-7-4-3-5-8-13/h3-5,7-8,15H,6,9-11,19H2,1-2H3. The molecule has 21 heavy (non-hydrogen) atoms. The highest BCUT2D eigenvalue weighted by molar-refractivity contribution is 9.10. The molecule has 0 radical (unpaired) electrons. The molecule has 2 N–H and O–H groups in total. The van der Waals surface area contributed by atoms with Gasteiger partial charge in [0.05, 0.1) is 15.9 Å². The van der Waals surface area contributed by atoms with Crippen molar-refractivity contribution >= 4 is 15.9 Å². The number of nitrogens with zero attached hydrogens (tertiary/aromatic N) is 2. The van der Waals surface area contributed by atoms with Crippen LogP contribution in [0.2, 0.25) is 0 Å². The molecule has 1 aliphatic rings. The van der Waals surface area contributed by atoms with Crippen LogP contribution in [0, 0.1) is 6.92 Å². The van der Waals surface area contributed by atoms with E-state index in [4.69, 9.17) is 5.73 Å². The van der Waals surface area contributed by atoms with Gasteiger partial charge >= 0.3 is 0 Å². The molecule has 0 aliphatic heterocycles. The lowest BCUT2D eigenvalue weighted by Crippen LogP contribution is -2.51. The van der Waals surface area contributed by atoms with E-state index in [2.05, 4.69) is 51.4 Å². The lowest BCUT2D eigenvalue weighted by atomic mass is 9.59. The van der Waals surface area contributed by atoms with Crippen LogP contribution in [-0.2, 0) is 18.9 Å². The van der Waals surface area contributed by atoms with Gasteiger partial charge in [0.1, 0.15) is 0 Å². The minimum Gasteiger partial charge on any atom is -0.327 e. The number of hydrogen-bond acceptors (Lipinski definition) is 2. The van der Waals surface area contributed by atoms with E-state index in [0.717, 1.165) is 16.6 Å². The maximum Gasteiger partial charge on any atom is 0.0738 e. The van der Waals surface area contributed by atoms with E-state index in [1.165, 1.54) is 30.5 Å². The monoisotopic (exact) mass is 347 g/mol. The Morgan fingerprint density at radius 3 is 2.48 bits per heavy atom. The van der Waals surface area contributed by atoms with Crippen molar-refractivity contribution in [2.45, 2.75) is 44.1 Å². The molecule has 1 aliphatic carbocycles. The van der Waals surface area contributed by atoms with Gasteiger partial charge in [-0.05, 0) is 41.3 Å². The minimum atomic E-state index is 0.125. The highest BCUT2D eigenvalue weighted by Gasteiger charge is 2.44. The van der Waals surface area contributed by atoms with Crippen LogP contribution in [0.1, 0.15) is 36.2 Å². The maximum atomic E-state index is 6.66.